The minimum Gasteiger partial charge on any atom is -0.496 e. The van der Waals surface area contributed by atoms with Crippen LogP contribution in [-0.2, 0) is 0 Å². The maximum Gasteiger partial charge on any atom is 0.272 e. The fraction of sp³-hybridized carbons (Fsp3) is 0.235. The molecule has 0 radical (unpaired) electrons. The highest BCUT2D eigenvalue weighted by molar-refractivity contribution is 5.94. The monoisotopic (exact) mass is 310 g/mol. The number of para-hydroxylation sites is 1. The normalized spacial score (nSPS) is 12.1. The number of nitrogens with one attached hydrogen (secondary N) is 1. The number of nitrogens with zero attached hydrogens (tertiary/aromatic N) is 3. The van der Waals surface area contributed by atoms with Crippen LogP contribution in [0.4, 0.5) is 0 Å². The number of carbonyl (C=O) groups is 1. The number of aromatic nitrogens is 3. The highest BCUT2D eigenvalue weighted by Gasteiger charge is 2.22. The Morgan fingerprint density at radius 2 is 2.04 bits per heavy atom. The molecular formula is C17H18N4O2. The summed E-state index contributed by atoms with van der Waals surface area (Å²) < 4.78 is 5.38. The van der Waals surface area contributed by atoms with E-state index in [1.165, 1.54) is 0 Å². The number of methoxy groups -OCH3 is 1. The van der Waals surface area contributed by atoms with Gasteiger partial charge in [0.15, 0.2) is 5.65 Å². The quantitative estimate of drug-likeness (QED) is 0.804. The van der Waals surface area contributed by atoms with Gasteiger partial charge >= 0.3 is 0 Å². The number of pyridine rings is 1. The lowest BCUT2D eigenvalue weighted by molar-refractivity contribution is 0.0735. The fourth-order valence-corrected chi connectivity index (χ4v) is 2.52. The molecule has 3 aromatic rings. The summed E-state index contributed by atoms with van der Waals surface area (Å²) in [5, 5.41) is 0. The first kappa shape index (κ1) is 15.0. The molecule has 0 aliphatic heterocycles. The smallest absolute Gasteiger partial charge is 0.272 e. The molecule has 0 saturated carbocycles. The second kappa shape index (κ2) is 6.08. The van der Waals surface area contributed by atoms with E-state index in [1.807, 2.05) is 37.3 Å². The number of H-pyrrole nitrogens is 1. The zero-order chi connectivity index (χ0) is 16.4. The van der Waals surface area contributed by atoms with Crippen LogP contribution in [0.3, 0.4) is 0 Å². The third-order valence-electron chi connectivity index (χ3n) is 3.99. The summed E-state index contributed by atoms with van der Waals surface area (Å²) in [4.78, 5) is 25.7. The lowest BCUT2D eigenvalue weighted by Crippen LogP contribution is -2.30. The molecule has 0 aliphatic rings. The Labute approximate surface area is 134 Å². The highest BCUT2D eigenvalue weighted by Crippen LogP contribution is 2.28. The average Bonchev–Trinajstić information content (AvgIpc) is 3.07. The highest BCUT2D eigenvalue weighted by atomic mass is 16.5. The molecule has 0 bridgehead atoms. The van der Waals surface area contributed by atoms with Crippen molar-refractivity contribution >= 4 is 17.1 Å². The van der Waals surface area contributed by atoms with Crippen molar-refractivity contribution in [2.75, 3.05) is 14.2 Å². The molecular weight excluding hydrogens is 292 g/mol. The predicted molar refractivity (Wildman–Crippen MR) is 87.4 cm³/mol. The molecule has 2 heterocycles. The summed E-state index contributed by atoms with van der Waals surface area (Å²) in [5.41, 5.74) is 2.66. The van der Waals surface area contributed by atoms with Crippen LogP contribution in [0.5, 0.6) is 5.75 Å². The summed E-state index contributed by atoms with van der Waals surface area (Å²) in [6.07, 6.45) is 1.56. The van der Waals surface area contributed by atoms with Crippen molar-refractivity contribution in [1.82, 2.24) is 19.9 Å². The van der Waals surface area contributed by atoms with Gasteiger partial charge in [0, 0.05) is 12.6 Å². The van der Waals surface area contributed by atoms with Gasteiger partial charge in [-0.2, -0.15) is 0 Å². The van der Waals surface area contributed by atoms with E-state index in [0.717, 1.165) is 16.8 Å². The van der Waals surface area contributed by atoms with Gasteiger partial charge in [0.2, 0.25) is 0 Å². The molecule has 0 fully saturated rings. The molecule has 23 heavy (non-hydrogen) atoms. The SMILES string of the molecule is COc1ccccc1C(C)N(C)C(=O)c1ccc2[nH]cnc2n1. The van der Waals surface area contributed by atoms with Gasteiger partial charge in [-0.05, 0) is 25.1 Å². The molecule has 2 aromatic heterocycles. The van der Waals surface area contributed by atoms with E-state index >= 15 is 0 Å². The van der Waals surface area contributed by atoms with Crippen molar-refractivity contribution < 1.29 is 9.53 Å². The Morgan fingerprint density at radius 3 is 2.83 bits per heavy atom. The Balaban J connectivity index is 1.88. The minimum absolute atomic E-state index is 0.143. The van der Waals surface area contributed by atoms with Gasteiger partial charge in [-0.3, -0.25) is 4.79 Å². The van der Waals surface area contributed by atoms with Gasteiger partial charge in [-0.15, -0.1) is 0 Å². The Hall–Kier alpha value is -2.89. The number of benzene rings is 1. The van der Waals surface area contributed by atoms with Gasteiger partial charge in [-0.25, -0.2) is 9.97 Å². The number of aromatic amines is 1. The van der Waals surface area contributed by atoms with Crippen LogP contribution < -0.4 is 4.74 Å². The van der Waals surface area contributed by atoms with Gasteiger partial charge in [0.05, 0.1) is 25.0 Å². The molecule has 118 valence electrons. The standard InChI is InChI=1S/C17H18N4O2/c1-11(12-6-4-5-7-15(12)23-3)21(2)17(22)14-9-8-13-16(20-14)19-10-18-13/h4-11H,1-3H3,(H,18,19,20). The molecule has 0 aliphatic carbocycles. The maximum absolute atomic E-state index is 12.7. The predicted octanol–water partition coefficient (Wildman–Crippen LogP) is 2.80. The van der Waals surface area contributed by atoms with E-state index in [1.54, 1.807) is 31.5 Å². The van der Waals surface area contributed by atoms with E-state index in [9.17, 15) is 4.79 Å². The number of fused-ring (bicyclic) bond motifs is 1. The average molecular weight is 310 g/mol. The van der Waals surface area contributed by atoms with Crippen molar-refractivity contribution in [3.8, 4) is 5.75 Å². The topological polar surface area (TPSA) is 71.1 Å². The summed E-state index contributed by atoms with van der Waals surface area (Å²) in [6.45, 7) is 1.96. The summed E-state index contributed by atoms with van der Waals surface area (Å²) >= 11 is 0. The maximum atomic E-state index is 12.7. The number of amides is 1. The molecule has 1 amide bonds. The van der Waals surface area contributed by atoms with Crippen LogP contribution in [0.15, 0.2) is 42.7 Å². The zero-order valence-corrected chi connectivity index (χ0v) is 13.3. The lowest BCUT2D eigenvalue weighted by Gasteiger charge is -2.26. The second-order valence-electron chi connectivity index (χ2n) is 5.30. The van der Waals surface area contributed by atoms with E-state index in [4.69, 9.17) is 4.74 Å². The van der Waals surface area contributed by atoms with E-state index in [-0.39, 0.29) is 11.9 Å². The number of ether oxygens (including phenoxy) is 1. The molecule has 1 aromatic carbocycles. The minimum atomic E-state index is -0.159. The van der Waals surface area contributed by atoms with E-state index < -0.39 is 0 Å². The lowest BCUT2D eigenvalue weighted by atomic mass is 10.1. The summed E-state index contributed by atoms with van der Waals surface area (Å²) in [5.74, 6) is 0.601. The first-order chi connectivity index (χ1) is 11.1. The number of hydrogen-bond donors (Lipinski definition) is 1. The number of hydrogen-bond acceptors (Lipinski definition) is 4. The van der Waals surface area contributed by atoms with Crippen molar-refractivity contribution in [2.24, 2.45) is 0 Å². The van der Waals surface area contributed by atoms with Crippen molar-refractivity contribution in [1.29, 1.82) is 0 Å². The Bertz CT molecular complexity index is 843. The zero-order valence-electron chi connectivity index (χ0n) is 13.3. The summed E-state index contributed by atoms with van der Waals surface area (Å²) in [6, 6.07) is 11.1. The van der Waals surface area contributed by atoms with Gasteiger partial charge < -0.3 is 14.6 Å². The van der Waals surface area contributed by atoms with Crippen LogP contribution in [0.2, 0.25) is 0 Å². The molecule has 0 spiro atoms. The van der Waals surface area contributed by atoms with Crippen LogP contribution in [0, 0.1) is 0 Å². The number of rotatable bonds is 4. The molecule has 1 atom stereocenters. The molecule has 1 unspecified atom stereocenters. The molecule has 3 rings (SSSR count). The Kier molecular flexibility index (Phi) is 3.97. The first-order valence-electron chi connectivity index (χ1n) is 7.32. The molecule has 0 saturated heterocycles. The van der Waals surface area contributed by atoms with Crippen molar-refractivity contribution in [2.45, 2.75) is 13.0 Å². The Morgan fingerprint density at radius 1 is 1.26 bits per heavy atom. The number of imidazole rings is 1. The van der Waals surface area contributed by atoms with Gasteiger partial charge in [0.1, 0.15) is 11.4 Å². The summed E-state index contributed by atoms with van der Waals surface area (Å²) in [7, 11) is 3.39. The molecule has 6 nitrogen and oxygen atoms in total. The van der Waals surface area contributed by atoms with Crippen molar-refractivity contribution in [3.63, 3.8) is 0 Å². The molecule has 1 N–H and O–H groups in total. The van der Waals surface area contributed by atoms with Crippen LogP contribution in [0.25, 0.3) is 11.2 Å². The van der Waals surface area contributed by atoms with E-state index in [2.05, 4.69) is 15.0 Å². The van der Waals surface area contributed by atoms with Crippen LogP contribution in [0.1, 0.15) is 29.0 Å². The van der Waals surface area contributed by atoms with Crippen molar-refractivity contribution in [3.05, 3.63) is 54.0 Å². The third kappa shape index (κ3) is 2.75. The fourth-order valence-electron chi connectivity index (χ4n) is 2.52. The van der Waals surface area contributed by atoms with Crippen LogP contribution >= 0.6 is 0 Å². The van der Waals surface area contributed by atoms with Gasteiger partial charge in [0.25, 0.3) is 5.91 Å². The van der Waals surface area contributed by atoms with E-state index in [0.29, 0.717) is 11.3 Å². The van der Waals surface area contributed by atoms with Crippen LogP contribution in [-0.4, -0.2) is 39.9 Å². The second-order valence-corrected chi connectivity index (χ2v) is 5.30. The van der Waals surface area contributed by atoms with Gasteiger partial charge in [-0.1, -0.05) is 18.2 Å². The molecule has 6 heteroatoms. The third-order valence-corrected chi connectivity index (χ3v) is 3.99. The largest absolute Gasteiger partial charge is 0.496 e. The number of carbonyl (C=O) groups excluding carboxylic acids is 1. The first-order valence-corrected chi connectivity index (χ1v) is 7.32.